The lowest BCUT2D eigenvalue weighted by Crippen LogP contribution is -2.60. The van der Waals surface area contributed by atoms with Crippen LogP contribution in [0.25, 0.3) is 0 Å². The molecule has 4 rings (SSSR count). The van der Waals surface area contributed by atoms with Crippen molar-refractivity contribution in [1.82, 2.24) is 14.7 Å². The van der Waals surface area contributed by atoms with Crippen molar-refractivity contribution >= 4 is 6.03 Å². The Kier molecular flexibility index (Phi) is 7.00. The molecule has 1 aliphatic carbocycles. The molecule has 3 aliphatic rings. The van der Waals surface area contributed by atoms with Gasteiger partial charge >= 0.3 is 6.03 Å². The van der Waals surface area contributed by atoms with Gasteiger partial charge in [-0.15, -0.1) is 0 Å². The van der Waals surface area contributed by atoms with Crippen LogP contribution in [0.5, 0.6) is 5.75 Å². The number of hydrogen-bond donors (Lipinski definition) is 0. The number of ether oxygens (including phenoxy) is 1. The van der Waals surface area contributed by atoms with Crippen molar-refractivity contribution in [2.24, 2.45) is 0 Å². The van der Waals surface area contributed by atoms with Crippen molar-refractivity contribution < 1.29 is 9.53 Å². The molecule has 2 amide bonds. The van der Waals surface area contributed by atoms with E-state index in [1.54, 1.807) is 0 Å². The maximum atomic E-state index is 12.7. The average Bonchev–Trinajstić information content (AvgIpc) is 2.85. The summed E-state index contributed by atoms with van der Waals surface area (Å²) in [5, 5.41) is 0. The molecule has 27 heavy (non-hydrogen) atoms. The zero-order valence-electron chi connectivity index (χ0n) is 17.2. The number of rotatable bonds is 3. The Balaban J connectivity index is 0.00000102. The third-order valence-electron chi connectivity index (χ3n) is 5.83. The fraction of sp³-hybridized carbons (Fsp3) is 0.682. The molecule has 0 aromatic heterocycles. The Labute approximate surface area is 164 Å². The molecule has 0 N–H and O–H groups in total. The SMILES string of the molecule is CC.Cc1ccc(OC2CN(C(=O)N3CCCN(C4CCC4)CC3)C2)cc1. The van der Waals surface area contributed by atoms with Gasteiger partial charge in [0.2, 0.25) is 0 Å². The Morgan fingerprint density at radius 1 is 0.926 bits per heavy atom. The van der Waals surface area contributed by atoms with E-state index in [4.69, 9.17) is 4.74 Å². The zero-order chi connectivity index (χ0) is 19.2. The molecule has 2 heterocycles. The van der Waals surface area contributed by atoms with Crippen molar-refractivity contribution in [3.63, 3.8) is 0 Å². The second kappa shape index (κ2) is 9.45. The molecule has 2 saturated heterocycles. The van der Waals surface area contributed by atoms with Crippen molar-refractivity contribution in [3.8, 4) is 5.75 Å². The van der Waals surface area contributed by atoms with Crippen molar-refractivity contribution in [3.05, 3.63) is 29.8 Å². The van der Waals surface area contributed by atoms with Gasteiger partial charge in [0.25, 0.3) is 0 Å². The molecule has 1 aromatic rings. The van der Waals surface area contributed by atoms with Crippen LogP contribution >= 0.6 is 0 Å². The lowest BCUT2D eigenvalue weighted by molar-refractivity contribution is 0.0308. The largest absolute Gasteiger partial charge is 0.487 e. The van der Waals surface area contributed by atoms with E-state index in [0.29, 0.717) is 13.1 Å². The monoisotopic (exact) mass is 373 g/mol. The predicted molar refractivity (Wildman–Crippen MR) is 109 cm³/mol. The molecule has 0 bridgehead atoms. The highest BCUT2D eigenvalue weighted by Crippen LogP contribution is 2.26. The number of nitrogens with zero attached hydrogens (tertiary/aromatic N) is 3. The summed E-state index contributed by atoms with van der Waals surface area (Å²) in [4.78, 5) is 19.3. The summed E-state index contributed by atoms with van der Waals surface area (Å²) in [6, 6.07) is 9.10. The van der Waals surface area contributed by atoms with Crippen LogP contribution in [0.15, 0.2) is 24.3 Å². The number of carbonyl (C=O) groups excluding carboxylic acids is 1. The summed E-state index contributed by atoms with van der Waals surface area (Å²) in [6.45, 7) is 11.4. The number of benzene rings is 1. The van der Waals surface area contributed by atoms with Gasteiger partial charge < -0.3 is 14.5 Å². The number of aryl methyl sites for hydroxylation is 1. The molecule has 5 nitrogen and oxygen atoms in total. The Bertz CT molecular complexity index is 594. The Hall–Kier alpha value is -1.75. The molecule has 0 radical (unpaired) electrons. The topological polar surface area (TPSA) is 36.0 Å². The van der Waals surface area contributed by atoms with E-state index in [0.717, 1.165) is 44.4 Å². The second-order valence-electron chi connectivity index (χ2n) is 7.70. The molecule has 3 fully saturated rings. The molecule has 150 valence electrons. The lowest BCUT2D eigenvalue weighted by Gasteiger charge is -2.41. The molecule has 2 aliphatic heterocycles. The van der Waals surface area contributed by atoms with Crippen molar-refractivity contribution in [2.75, 3.05) is 39.3 Å². The summed E-state index contributed by atoms with van der Waals surface area (Å²) in [5.41, 5.74) is 1.23. The first kappa shape index (κ1) is 20.0. The molecular formula is C22H35N3O2. The quantitative estimate of drug-likeness (QED) is 0.809. The molecule has 1 aromatic carbocycles. The number of amides is 2. The van der Waals surface area contributed by atoms with E-state index in [2.05, 4.69) is 24.0 Å². The van der Waals surface area contributed by atoms with Crippen LogP contribution in [-0.4, -0.2) is 72.1 Å². The third kappa shape index (κ3) is 4.95. The number of hydrogen-bond acceptors (Lipinski definition) is 3. The van der Waals surface area contributed by atoms with Gasteiger partial charge in [-0.3, -0.25) is 4.90 Å². The summed E-state index contributed by atoms with van der Waals surface area (Å²) < 4.78 is 5.95. The van der Waals surface area contributed by atoms with Gasteiger partial charge in [0, 0.05) is 32.2 Å². The highest BCUT2D eigenvalue weighted by atomic mass is 16.5. The first-order chi connectivity index (χ1) is 13.2. The van der Waals surface area contributed by atoms with Crippen LogP contribution in [-0.2, 0) is 0 Å². The zero-order valence-corrected chi connectivity index (χ0v) is 17.2. The van der Waals surface area contributed by atoms with Gasteiger partial charge in [0.15, 0.2) is 0 Å². The van der Waals surface area contributed by atoms with Gasteiger partial charge in [-0.1, -0.05) is 38.0 Å². The smallest absolute Gasteiger partial charge is 0.320 e. The summed E-state index contributed by atoms with van der Waals surface area (Å²) in [7, 11) is 0. The molecular weight excluding hydrogens is 338 g/mol. The van der Waals surface area contributed by atoms with Crippen LogP contribution in [0, 0.1) is 6.92 Å². The van der Waals surface area contributed by atoms with E-state index in [1.807, 2.05) is 35.8 Å². The predicted octanol–water partition coefficient (Wildman–Crippen LogP) is 3.76. The number of carbonyl (C=O) groups is 1. The van der Waals surface area contributed by atoms with Gasteiger partial charge in [0.1, 0.15) is 11.9 Å². The van der Waals surface area contributed by atoms with Gasteiger partial charge in [-0.25, -0.2) is 4.79 Å². The average molecular weight is 374 g/mol. The van der Waals surface area contributed by atoms with Crippen LogP contribution < -0.4 is 4.74 Å². The van der Waals surface area contributed by atoms with Crippen LogP contribution in [0.2, 0.25) is 0 Å². The Morgan fingerprint density at radius 2 is 1.63 bits per heavy atom. The highest BCUT2D eigenvalue weighted by molar-refractivity contribution is 5.75. The van der Waals surface area contributed by atoms with Crippen molar-refractivity contribution in [2.45, 2.75) is 58.6 Å². The van der Waals surface area contributed by atoms with E-state index >= 15 is 0 Å². The number of likely N-dealkylation sites (tertiary alicyclic amines) is 1. The van der Waals surface area contributed by atoms with Crippen LogP contribution in [0.3, 0.4) is 0 Å². The van der Waals surface area contributed by atoms with E-state index < -0.39 is 0 Å². The molecule has 0 atom stereocenters. The minimum atomic E-state index is 0.130. The highest BCUT2D eigenvalue weighted by Gasteiger charge is 2.36. The summed E-state index contributed by atoms with van der Waals surface area (Å²) in [6.07, 6.45) is 5.29. The van der Waals surface area contributed by atoms with Gasteiger partial charge in [-0.2, -0.15) is 0 Å². The third-order valence-corrected chi connectivity index (χ3v) is 5.83. The van der Waals surface area contributed by atoms with E-state index in [1.165, 1.54) is 24.8 Å². The summed E-state index contributed by atoms with van der Waals surface area (Å²) in [5.74, 6) is 0.897. The van der Waals surface area contributed by atoms with E-state index in [-0.39, 0.29) is 12.1 Å². The molecule has 1 saturated carbocycles. The first-order valence-electron chi connectivity index (χ1n) is 10.7. The van der Waals surface area contributed by atoms with Crippen molar-refractivity contribution in [1.29, 1.82) is 0 Å². The maximum Gasteiger partial charge on any atom is 0.320 e. The minimum absolute atomic E-state index is 0.130. The fourth-order valence-corrected chi connectivity index (χ4v) is 3.92. The number of urea groups is 1. The molecule has 0 unspecified atom stereocenters. The van der Waals surface area contributed by atoms with Gasteiger partial charge in [-0.05, 0) is 38.3 Å². The van der Waals surface area contributed by atoms with Gasteiger partial charge in [0.05, 0.1) is 13.1 Å². The maximum absolute atomic E-state index is 12.7. The summed E-state index contributed by atoms with van der Waals surface area (Å²) >= 11 is 0. The standard InChI is InChI=1S/C20H29N3O2.C2H6/c1-16-6-8-18(9-7-16)25-19-14-23(15-19)20(24)22-11-3-10-21(12-13-22)17-4-2-5-17;1-2/h6-9,17,19H,2-5,10-15H2,1H3;1-2H3. The first-order valence-corrected chi connectivity index (χ1v) is 10.7. The van der Waals surface area contributed by atoms with Crippen LogP contribution in [0.1, 0.15) is 45.1 Å². The second-order valence-corrected chi connectivity index (χ2v) is 7.70. The lowest BCUT2D eigenvalue weighted by atomic mass is 9.91. The van der Waals surface area contributed by atoms with E-state index in [9.17, 15) is 4.79 Å². The van der Waals surface area contributed by atoms with Crippen LogP contribution in [0.4, 0.5) is 4.79 Å². The normalized spacial score (nSPS) is 21.4. The molecule has 0 spiro atoms. The minimum Gasteiger partial charge on any atom is -0.487 e. The molecule has 5 heteroatoms. The Morgan fingerprint density at radius 3 is 2.26 bits per heavy atom. The fourth-order valence-electron chi connectivity index (χ4n) is 3.92.